The quantitative estimate of drug-likeness (QED) is 0.533. The van der Waals surface area contributed by atoms with Gasteiger partial charge in [0.05, 0.1) is 0 Å². The van der Waals surface area contributed by atoms with E-state index in [2.05, 4.69) is 6.92 Å². The van der Waals surface area contributed by atoms with Gasteiger partial charge in [0, 0.05) is 0 Å². The average Bonchev–Trinajstić information content (AvgIpc) is 2.64. The van der Waals surface area contributed by atoms with Gasteiger partial charge in [-0.2, -0.15) is 0 Å². The molecule has 0 amide bonds. The summed E-state index contributed by atoms with van der Waals surface area (Å²) in [7, 11) is 0. The van der Waals surface area contributed by atoms with E-state index in [1.54, 1.807) is 56.5 Å². The molecule has 0 nitrogen and oxygen atoms in total. The Morgan fingerprint density at radius 1 is 0.818 bits per heavy atom. The first kappa shape index (κ1) is 8.05. The second-order valence-corrected chi connectivity index (χ2v) is 11.8. The van der Waals surface area contributed by atoms with Crippen molar-refractivity contribution in [1.29, 1.82) is 0 Å². The Balaban J connectivity index is 2.24. The molecule has 0 atom stereocenters. The summed E-state index contributed by atoms with van der Waals surface area (Å²) in [6.45, 7) is 1.52. The van der Waals surface area contributed by atoms with Gasteiger partial charge in [0.2, 0.25) is 0 Å². The molecule has 0 aromatic rings. The molecule has 0 saturated carbocycles. The third-order valence-electron chi connectivity index (χ3n) is 4.56. The van der Waals surface area contributed by atoms with E-state index in [0.717, 1.165) is 0 Å². The van der Waals surface area contributed by atoms with E-state index in [4.69, 9.17) is 0 Å². The molecule has 0 unspecified atom stereocenters. The van der Waals surface area contributed by atoms with Crippen LogP contribution in [0.2, 0.25) is 0 Å². The molecule has 2 rings (SSSR count). The summed E-state index contributed by atoms with van der Waals surface area (Å²) < 4.78 is 0. The van der Waals surface area contributed by atoms with Crippen molar-refractivity contribution in [3.63, 3.8) is 0 Å². The van der Waals surface area contributed by atoms with Gasteiger partial charge < -0.3 is 0 Å². The van der Waals surface area contributed by atoms with E-state index in [-0.39, 0.29) is 0 Å². The third-order valence-corrected chi connectivity index (χ3v) is 12.7. The predicted octanol–water partition coefficient (Wildman–Crippen LogP) is 3.15. The van der Waals surface area contributed by atoms with Crippen LogP contribution in [0.1, 0.15) is 32.6 Å². The maximum atomic E-state index is 2.48. The van der Waals surface area contributed by atoms with Gasteiger partial charge in [-0.15, -0.1) is 0 Å². The van der Waals surface area contributed by atoms with Gasteiger partial charge in [0.1, 0.15) is 0 Å². The molecule has 2 aliphatic rings. The number of hydrogen-bond donors (Lipinski definition) is 0. The third kappa shape index (κ3) is 1.06. The molecule has 0 radical (unpaired) electrons. The Morgan fingerprint density at radius 3 is 1.45 bits per heavy atom. The van der Waals surface area contributed by atoms with Gasteiger partial charge >= 0.3 is 70.0 Å². The molecule has 66 valence electrons. The Labute approximate surface area is 70.7 Å². The minimum absolute atomic E-state index is 0.956. The van der Waals surface area contributed by atoms with E-state index in [9.17, 15) is 0 Å². The van der Waals surface area contributed by atoms with Crippen molar-refractivity contribution in [1.82, 2.24) is 0 Å². The van der Waals surface area contributed by atoms with Gasteiger partial charge in [-0.05, 0) is 0 Å². The summed E-state index contributed by atoms with van der Waals surface area (Å²) in [5, 5.41) is 0. The Kier molecular flexibility index (Phi) is 1.80. The molecule has 2 aliphatic heterocycles. The van der Waals surface area contributed by atoms with Gasteiger partial charge in [0.25, 0.3) is 0 Å². The molecule has 2 fully saturated rings. The van der Waals surface area contributed by atoms with Crippen molar-refractivity contribution < 1.29 is 0 Å². The van der Waals surface area contributed by atoms with Gasteiger partial charge in [-0.25, -0.2) is 0 Å². The zero-order valence-electron chi connectivity index (χ0n) is 7.81. The monoisotopic (exact) mass is 172 g/mol. The number of rotatable bonds is 1. The van der Waals surface area contributed by atoms with Crippen LogP contribution in [-0.2, 0) is 0 Å². The average molecular weight is 172 g/mol. The second-order valence-electron chi connectivity index (χ2n) is 4.86. The summed E-state index contributed by atoms with van der Waals surface area (Å²) in [6.07, 6.45) is 14.6. The van der Waals surface area contributed by atoms with E-state index >= 15 is 0 Å². The van der Waals surface area contributed by atoms with Gasteiger partial charge in [-0.1, -0.05) is 0 Å². The van der Waals surface area contributed by atoms with Gasteiger partial charge in [-0.3, -0.25) is 0 Å². The SMILES string of the molecule is CCP12(CCCC1)CCCC2. The molecule has 0 aliphatic carbocycles. The number of hydrogen-bond acceptors (Lipinski definition) is 0. The fraction of sp³-hybridized carbons (Fsp3) is 1.00. The van der Waals surface area contributed by atoms with Crippen molar-refractivity contribution >= 4 is 6.60 Å². The fourth-order valence-electron chi connectivity index (χ4n) is 3.54. The van der Waals surface area contributed by atoms with Crippen molar-refractivity contribution in [3.05, 3.63) is 0 Å². The molecule has 11 heavy (non-hydrogen) atoms. The van der Waals surface area contributed by atoms with Crippen LogP contribution >= 0.6 is 6.60 Å². The predicted molar refractivity (Wildman–Crippen MR) is 55.4 cm³/mol. The van der Waals surface area contributed by atoms with Gasteiger partial charge in [0.15, 0.2) is 0 Å². The molecule has 2 heterocycles. The summed E-state index contributed by atoms with van der Waals surface area (Å²) in [5.41, 5.74) is 0. The second kappa shape index (κ2) is 2.46. The minimum atomic E-state index is -0.956. The van der Waals surface area contributed by atoms with E-state index < -0.39 is 6.60 Å². The van der Waals surface area contributed by atoms with Crippen LogP contribution in [0.15, 0.2) is 0 Å². The van der Waals surface area contributed by atoms with Crippen LogP contribution in [0.25, 0.3) is 0 Å². The molecule has 0 N–H and O–H groups in total. The molecular weight excluding hydrogens is 151 g/mol. The Morgan fingerprint density at radius 2 is 1.18 bits per heavy atom. The standard InChI is InChI=1S/C10H21P/c1-2-11(7-3-4-8-11)9-5-6-10-11/h2-10H2,1H3. The van der Waals surface area contributed by atoms with Crippen molar-refractivity contribution in [2.24, 2.45) is 0 Å². The topological polar surface area (TPSA) is 0 Å². The van der Waals surface area contributed by atoms with Crippen LogP contribution in [0.3, 0.4) is 0 Å². The van der Waals surface area contributed by atoms with Crippen LogP contribution in [0.5, 0.6) is 0 Å². The van der Waals surface area contributed by atoms with Crippen molar-refractivity contribution in [2.75, 3.05) is 30.8 Å². The van der Waals surface area contributed by atoms with Crippen LogP contribution in [0, 0.1) is 0 Å². The maximum absolute atomic E-state index is 2.48. The first-order valence-corrected chi connectivity index (χ1v) is 8.45. The molecule has 2 saturated heterocycles. The van der Waals surface area contributed by atoms with Crippen molar-refractivity contribution in [2.45, 2.75) is 32.6 Å². The van der Waals surface area contributed by atoms with E-state index in [1.807, 2.05) is 0 Å². The molecule has 0 bridgehead atoms. The normalized spacial score (nSPS) is 37.0. The van der Waals surface area contributed by atoms with E-state index in [0.29, 0.717) is 0 Å². The molecule has 0 aromatic carbocycles. The first-order valence-electron chi connectivity index (χ1n) is 5.29. The molecule has 1 spiro atoms. The van der Waals surface area contributed by atoms with Crippen LogP contribution < -0.4 is 0 Å². The summed E-state index contributed by atoms with van der Waals surface area (Å²) in [5.74, 6) is 0. The molecule has 0 aromatic heterocycles. The first-order chi connectivity index (χ1) is 5.29. The molecular formula is C10H21P. The van der Waals surface area contributed by atoms with E-state index in [1.165, 1.54) is 0 Å². The summed E-state index contributed by atoms with van der Waals surface area (Å²) in [6, 6.07) is 0. The van der Waals surface area contributed by atoms with Crippen molar-refractivity contribution in [3.8, 4) is 0 Å². The van der Waals surface area contributed by atoms with Crippen LogP contribution in [-0.4, -0.2) is 30.8 Å². The Bertz CT molecular complexity index is 127. The fourth-order valence-corrected chi connectivity index (χ4v) is 10.6. The summed E-state index contributed by atoms with van der Waals surface area (Å²) in [4.78, 5) is 0. The Hall–Kier alpha value is 0.430. The molecule has 1 heteroatoms. The zero-order valence-corrected chi connectivity index (χ0v) is 8.71. The van der Waals surface area contributed by atoms with Crippen LogP contribution in [0.4, 0.5) is 0 Å². The zero-order chi connectivity index (χ0) is 7.81. The summed E-state index contributed by atoms with van der Waals surface area (Å²) >= 11 is 0.